The van der Waals surface area contributed by atoms with Gasteiger partial charge in [-0.15, -0.1) is 0 Å². The van der Waals surface area contributed by atoms with Crippen LogP contribution in [0, 0.1) is 5.82 Å². The Morgan fingerprint density at radius 1 is 1.29 bits per heavy atom. The van der Waals surface area contributed by atoms with Crippen LogP contribution in [-0.4, -0.2) is 51.9 Å². The van der Waals surface area contributed by atoms with Crippen molar-refractivity contribution in [2.24, 2.45) is 7.05 Å². The van der Waals surface area contributed by atoms with E-state index >= 15 is 0 Å². The van der Waals surface area contributed by atoms with E-state index < -0.39 is 16.1 Å². The Morgan fingerprint density at radius 3 is 2.89 bits per heavy atom. The summed E-state index contributed by atoms with van der Waals surface area (Å²) in [5.41, 5.74) is 1.57. The monoisotopic (exact) mass is 403 g/mol. The van der Waals surface area contributed by atoms with Crippen molar-refractivity contribution in [3.8, 4) is 11.3 Å². The van der Waals surface area contributed by atoms with Crippen molar-refractivity contribution in [3.05, 3.63) is 60.7 Å². The molecule has 28 heavy (non-hydrogen) atoms. The normalized spacial score (nSPS) is 18.3. The fourth-order valence-corrected chi connectivity index (χ4v) is 4.39. The summed E-state index contributed by atoms with van der Waals surface area (Å²) in [6.07, 6.45) is 5.39. The Kier molecular flexibility index (Phi) is 4.92. The number of benzene rings is 1. The Labute approximate surface area is 161 Å². The maximum atomic E-state index is 13.5. The van der Waals surface area contributed by atoms with Gasteiger partial charge in [-0.3, -0.25) is 4.98 Å². The maximum Gasteiger partial charge on any atom is 0.262 e. The lowest BCUT2D eigenvalue weighted by Gasteiger charge is -2.31. The summed E-state index contributed by atoms with van der Waals surface area (Å²) in [5.74, 6) is -0.369. The van der Waals surface area contributed by atoms with Crippen molar-refractivity contribution in [1.82, 2.24) is 23.8 Å². The number of rotatable bonds is 4. The van der Waals surface area contributed by atoms with Crippen LogP contribution < -0.4 is 0 Å². The molecule has 0 aliphatic carbocycles. The molecule has 1 atom stereocenters. The zero-order chi connectivity index (χ0) is 19.7. The lowest BCUT2D eigenvalue weighted by atomic mass is 10.1. The number of imidazole rings is 1. The molecule has 1 aromatic carbocycles. The largest absolute Gasteiger partial charge is 0.369 e. The number of morpholine rings is 1. The van der Waals surface area contributed by atoms with E-state index in [0.717, 1.165) is 0 Å². The van der Waals surface area contributed by atoms with Crippen LogP contribution in [0.1, 0.15) is 11.8 Å². The first-order valence-corrected chi connectivity index (χ1v) is 10.0. The van der Waals surface area contributed by atoms with Crippen molar-refractivity contribution in [2.45, 2.75) is 11.1 Å². The van der Waals surface area contributed by atoms with Gasteiger partial charge in [-0.2, -0.15) is 4.31 Å². The second-order valence-corrected chi connectivity index (χ2v) is 8.32. The third kappa shape index (κ3) is 3.66. The highest BCUT2D eigenvalue weighted by molar-refractivity contribution is 7.89. The fraction of sp³-hybridized carbons (Fsp3) is 0.278. The van der Waals surface area contributed by atoms with Gasteiger partial charge in [-0.25, -0.2) is 22.8 Å². The molecule has 0 saturated carbocycles. The van der Waals surface area contributed by atoms with Gasteiger partial charge in [-0.05, 0) is 12.1 Å². The number of sulfonamides is 1. The number of ether oxygens (including phenoxy) is 1. The van der Waals surface area contributed by atoms with Crippen LogP contribution in [0.5, 0.6) is 0 Å². The van der Waals surface area contributed by atoms with E-state index in [4.69, 9.17) is 4.74 Å². The molecule has 8 nitrogen and oxygen atoms in total. The number of halogens is 1. The zero-order valence-corrected chi connectivity index (χ0v) is 15.9. The van der Waals surface area contributed by atoms with Crippen LogP contribution in [0.15, 0.2) is 54.2 Å². The summed E-state index contributed by atoms with van der Waals surface area (Å²) in [6.45, 7) is 0.551. The first-order chi connectivity index (χ1) is 13.4. The molecule has 1 fully saturated rings. The highest BCUT2D eigenvalue weighted by Crippen LogP contribution is 2.26. The highest BCUT2D eigenvalue weighted by atomic mass is 32.2. The molecular weight excluding hydrogens is 385 g/mol. The Morgan fingerprint density at radius 2 is 2.14 bits per heavy atom. The molecule has 10 heteroatoms. The molecule has 0 spiro atoms. The van der Waals surface area contributed by atoms with Gasteiger partial charge < -0.3 is 9.30 Å². The molecule has 1 aliphatic rings. The lowest BCUT2D eigenvalue weighted by molar-refractivity contribution is -0.00514. The van der Waals surface area contributed by atoms with Gasteiger partial charge in [-0.1, -0.05) is 12.1 Å². The minimum atomic E-state index is -3.73. The van der Waals surface area contributed by atoms with Crippen LogP contribution in [-0.2, 0) is 21.8 Å². The van der Waals surface area contributed by atoms with Gasteiger partial charge >= 0.3 is 0 Å². The predicted octanol–water partition coefficient (Wildman–Crippen LogP) is 1.78. The standard InChI is InChI=1S/C18H18FN5O3S/c1-23-11-18(21-12-23)28(25,26)24-5-6-27-17(10-24)16-9-20-8-15(22-16)13-3-2-4-14(19)7-13/h2-4,7-9,11-12,17H,5-6,10H2,1H3/t17-/m0/s1. The number of hydrogen-bond acceptors (Lipinski definition) is 6. The predicted molar refractivity (Wildman–Crippen MR) is 98.1 cm³/mol. The first-order valence-electron chi connectivity index (χ1n) is 8.61. The van der Waals surface area contributed by atoms with E-state index in [9.17, 15) is 12.8 Å². The maximum absolute atomic E-state index is 13.5. The second kappa shape index (κ2) is 7.38. The average Bonchev–Trinajstić information content (AvgIpc) is 3.15. The van der Waals surface area contributed by atoms with E-state index in [0.29, 0.717) is 17.0 Å². The number of aryl methyl sites for hydroxylation is 1. The minimum absolute atomic E-state index is 0.00440. The molecule has 0 unspecified atom stereocenters. The minimum Gasteiger partial charge on any atom is -0.369 e. The fourth-order valence-electron chi connectivity index (χ4n) is 3.00. The summed E-state index contributed by atoms with van der Waals surface area (Å²) in [6, 6.07) is 6.05. The van der Waals surface area contributed by atoms with Gasteiger partial charge in [0.1, 0.15) is 11.9 Å². The van der Waals surface area contributed by atoms with Gasteiger partial charge in [0.05, 0.1) is 36.7 Å². The molecule has 3 heterocycles. The Hall–Kier alpha value is -2.69. The smallest absolute Gasteiger partial charge is 0.262 e. The quantitative estimate of drug-likeness (QED) is 0.660. The van der Waals surface area contributed by atoms with Crippen LogP contribution in [0.3, 0.4) is 0 Å². The van der Waals surface area contributed by atoms with E-state index in [1.54, 1.807) is 23.7 Å². The van der Waals surface area contributed by atoms with Crippen LogP contribution in [0.2, 0.25) is 0 Å². The highest BCUT2D eigenvalue weighted by Gasteiger charge is 2.33. The number of hydrogen-bond donors (Lipinski definition) is 0. The molecule has 1 aliphatic heterocycles. The van der Waals surface area contributed by atoms with Crippen LogP contribution in [0.4, 0.5) is 4.39 Å². The molecule has 0 N–H and O–H groups in total. The van der Waals surface area contributed by atoms with Gasteiger partial charge in [0.15, 0.2) is 5.03 Å². The van der Waals surface area contributed by atoms with Crippen molar-refractivity contribution in [3.63, 3.8) is 0 Å². The third-order valence-corrected chi connectivity index (χ3v) is 6.17. The second-order valence-electron chi connectivity index (χ2n) is 6.44. The molecule has 146 valence electrons. The molecule has 0 amide bonds. The van der Waals surface area contributed by atoms with Gasteiger partial charge in [0.2, 0.25) is 0 Å². The molecule has 4 rings (SSSR count). The SMILES string of the molecule is Cn1cnc(S(=O)(=O)N2CCO[C@H](c3cncc(-c4cccc(F)c4)n3)C2)c1. The lowest BCUT2D eigenvalue weighted by Crippen LogP contribution is -2.42. The summed E-state index contributed by atoms with van der Waals surface area (Å²) >= 11 is 0. The number of nitrogens with zero attached hydrogens (tertiary/aromatic N) is 5. The van der Waals surface area contributed by atoms with E-state index in [1.807, 2.05) is 0 Å². The summed E-state index contributed by atoms with van der Waals surface area (Å²) in [5, 5.41) is -0.00440. The van der Waals surface area contributed by atoms with Crippen molar-refractivity contribution in [2.75, 3.05) is 19.7 Å². The summed E-state index contributed by atoms with van der Waals surface area (Å²) in [7, 11) is -2.02. The first kappa shape index (κ1) is 18.7. The molecule has 3 aromatic rings. The van der Waals surface area contributed by atoms with E-state index in [-0.39, 0.29) is 30.5 Å². The molecule has 0 radical (unpaired) electrons. The van der Waals surface area contributed by atoms with E-state index in [1.165, 1.54) is 41.4 Å². The van der Waals surface area contributed by atoms with Crippen molar-refractivity contribution < 1.29 is 17.5 Å². The van der Waals surface area contributed by atoms with E-state index in [2.05, 4.69) is 15.0 Å². The zero-order valence-electron chi connectivity index (χ0n) is 15.1. The van der Waals surface area contributed by atoms with Crippen LogP contribution in [0.25, 0.3) is 11.3 Å². The number of aromatic nitrogens is 4. The van der Waals surface area contributed by atoms with Gasteiger partial charge in [0, 0.05) is 31.9 Å². The Bertz CT molecular complexity index is 1100. The molecule has 0 bridgehead atoms. The Balaban J connectivity index is 1.59. The topological polar surface area (TPSA) is 90.2 Å². The summed E-state index contributed by atoms with van der Waals surface area (Å²) in [4.78, 5) is 12.6. The molecule has 1 saturated heterocycles. The van der Waals surface area contributed by atoms with Crippen molar-refractivity contribution >= 4 is 10.0 Å². The van der Waals surface area contributed by atoms with Crippen molar-refractivity contribution in [1.29, 1.82) is 0 Å². The third-order valence-electron chi connectivity index (χ3n) is 4.42. The molecular formula is C18H18FN5O3S. The summed E-state index contributed by atoms with van der Waals surface area (Å²) < 4.78 is 47.8. The van der Waals surface area contributed by atoms with Gasteiger partial charge in [0.25, 0.3) is 10.0 Å². The van der Waals surface area contributed by atoms with Crippen LogP contribution >= 0.6 is 0 Å². The molecule has 2 aromatic heterocycles. The average molecular weight is 403 g/mol.